The number of nitrogens with zero attached hydrogens (tertiary/aromatic N) is 1. The van der Waals surface area contributed by atoms with Gasteiger partial charge in [-0.25, -0.2) is 8.42 Å². The molecular weight excluding hydrogens is 317 g/mol. The first-order valence-corrected chi connectivity index (χ1v) is 8.42. The molecule has 0 radical (unpaired) electrons. The maximum atomic E-state index is 12.7. The zero-order valence-electron chi connectivity index (χ0n) is 12.6. The summed E-state index contributed by atoms with van der Waals surface area (Å²) in [4.78, 5) is -0.0681. The summed E-state index contributed by atoms with van der Waals surface area (Å²) in [5, 5.41) is 3.17. The van der Waals surface area contributed by atoms with E-state index in [-0.39, 0.29) is 22.5 Å². The van der Waals surface area contributed by atoms with Crippen molar-refractivity contribution >= 4 is 10.0 Å². The fourth-order valence-electron chi connectivity index (χ4n) is 2.61. The lowest BCUT2D eigenvalue weighted by Gasteiger charge is -2.37. The van der Waals surface area contributed by atoms with Gasteiger partial charge >= 0.3 is 6.18 Å². The van der Waals surface area contributed by atoms with Gasteiger partial charge in [-0.3, -0.25) is 0 Å². The number of piperazine rings is 1. The first-order chi connectivity index (χ1) is 10.0. The van der Waals surface area contributed by atoms with Crippen LogP contribution in [0.1, 0.15) is 25.0 Å². The molecule has 1 aromatic rings. The van der Waals surface area contributed by atoms with Crippen molar-refractivity contribution in [3.05, 3.63) is 29.3 Å². The Morgan fingerprint density at radius 3 is 2.45 bits per heavy atom. The third-order valence-electron chi connectivity index (χ3n) is 4.07. The number of rotatable bonds is 2. The summed E-state index contributed by atoms with van der Waals surface area (Å²) in [6.45, 7) is 5.87. The van der Waals surface area contributed by atoms with Crippen LogP contribution < -0.4 is 5.32 Å². The quantitative estimate of drug-likeness (QED) is 0.902. The monoisotopic (exact) mass is 336 g/mol. The Balaban J connectivity index is 2.42. The van der Waals surface area contributed by atoms with E-state index in [1.54, 1.807) is 6.92 Å². The maximum Gasteiger partial charge on any atom is 0.416 e. The highest BCUT2D eigenvalue weighted by Crippen LogP contribution is 2.32. The first-order valence-electron chi connectivity index (χ1n) is 6.98. The van der Waals surface area contributed by atoms with E-state index in [4.69, 9.17) is 0 Å². The number of hydrogen-bond donors (Lipinski definition) is 1. The van der Waals surface area contributed by atoms with E-state index in [1.807, 2.05) is 6.92 Å². The number of aryl methyl sites for hydroxylation is 1. The highest BCUT2D eigenvalue weighted by atomic mass is 32.2. The summed E-state index contributed by atoms with van der Waals surface area (Å²) in [5.41, 5.74) is -0.737. The van der Waals surface area contributed by atoms with Gasteiger partial charge in [-0.2, -0.15) is 17.5 Å². The molecule has 0 amide bonds. The zero-order valence-corrected chi connectivity index (χ0v) is 13.4. The van der Waals surface area contributed by atoms with E-state index in [0.717, 1.165) is 18.2 Å². The highest BCUT2D eigenvalue weighted by Gasteiger charge is 2.36. The number of sulfonamides is 1. The van der Waals surface area contributed by atoms with Crippen LogP contribution in [0.3, 0.4) is 0 Å². The Hall–Kier alpha value is -1.12. The van der Waals surface area contributed by atoms with Crippen molar-refractivity contribution in [3.63, 3.8) is 0 Å². The van der Waals surface area contributed by atoms with Crippen molar-refractivity contribution in [1.29, 1.82) is 0 Å². The number of halogens is 3. The minimum Gasteiger partial charge on any atom is -0.311 e. The third kappa shape index (κ3) is 3.13. The van der Waals surface area contributed by atoms with Crippen LogP contribution in [0.25, 0.3) is 0 Å². The van der Waals surface area contributed by atoms with Gasteiger partial charge < -0.3 is 5.32 Å². The molecule has 124 valence electrons. The number of nitrogens with one attached hydrogen (secondary N) is 1. The molecule has 0 aromatic heterocycles. The predicted molar refractivity (Wildman–Crippen MR) is 77.0 cm³/mol. The Labute approximate surface area is 128 Å². The van der Waals surface area contributed by atoms with Crippen LogP contribution in [0.4, 0.5) is 13.2 Å². The molecule has 1 saturated heterocycles. The summed E-state index contributed by atoms with van der Waals surface area (Å²) in [6, 6.07) is 2.46. The topological polar surface area (TPSA) is 49.4 Å². The minimum atomic E-state index is -4.48. The Bertz CT molecular complexity index is 659. The molecule has 1 N–H and O–H groups in total. The summed E-state index contributed by atoms with van der Waals surface area (Å²) in [6.07, 6.45) is -4.48. The van der Waals surface area contributed by atoms with Crippen molar-refractivity contribution in [2.24, 2.45) is 0 Å². The van der Waals surface area contributed by atoms with E-state index >= 15 is 0 Å². The second kappa shape index (κ2) is 5.82. The fourth-order valence-corrected chi connectivity index (χ4v) is 4.52. The van der Waals surface area contributed by atoms with Crippen molar-refractivity contribution in [1.82, 2.24) is 9.62 Å². The van der Waals surface area contributed by atoms with Crippen LogP contribution in [0, 0.1) is 6.92 Å². The molecule has 4 nitrogen and oxygen atoms in total. The molecule has 1 aliphatic heterocycles. The number of alkyl halides is 3. The third-order valence-corrected chi connectivity index (χ3v) is 6.21. The number of benzene rings is 1. The van der Waals surface area contributed by atoms with Crippen LogP contribution in [-0.2, 0) is 16.2 Å². The van der Waals surface area contributed by atoms with Gasteiger partial charge in [-0.1, -0.05) is 0 Å². The molecule has 1 aliphatic rings. The summed E-state index contributed by atoms with van der Waals surface area (Å²) in [7, 11) is -3.81. The van der Waals surface area contributed by atoms with Crippen LogP contribution >= 0.6 is 0 Å². The van der Waals surface area contributed by atoms with Gasteiger partial charge in [0.2, 0.25) is 10.0 Å². The minimum absolute atomic E-state index is 0.0155. The van der Waals surface area contributed by atoms with Crippen molar-refractivity contribution < 1.29 is 21.6 Å². The molecule has 2 atom stereocenters. The molecular formula is C14H19F3N2O2S. The molecule has 2 unspecified atom stereocenters. The molecule has 2 rings (SSSR count). The summed E-state index contributed by atoms with van der Waals surface area (Å²) >= 11 is 0. The lowest BCUT2D eigenvalue weighted by atomic mass is 10.1. The predicted octanol–water partition coefficient (Wildman–Crippen LogP) is 2.38. The molecule has 0 aliphatic carbocycles. The van der Waals surface area contributed by atoms with Crippen molar-refractivity contribution in [2.75, 3.05) is 13.1 Å². The normalized spacial score (nSPS) is 24.5. The van der Waals surface area contributed by atoms with Gasteiger partial charge in [-0.05, 0) is 44.5 Å². The average Bonchev–Trinajstić information content (AvgIpc) is 2.40. The van der Waals surface area contributed by atoms with E-state index in [1.165, 1.54) is 11.2 Å². The van der Waals surface area contributed by atoms with Crippen molar-refractivity contribution in [2.45, 2.75) is 43.9 Å². The Morgan fingerprint density at radius 1 is 1.27 bits per heavy atom. The Kier molecular flexibility index (Phi) is 4.56. The van der Waals surface area contributed by atoms with E-state index in [0.29, 0.717) is 13.1 Å². The molecule has 8 heteroatoms. The van der Waals surface area contributed by atoms with Gasteiger partial charge in [0.1, 0.15) is 0 Å². The lowest BCUT2D eigenvalue weighted by Crippen LogP contribution is -2.57. The molecule has 1 aromatic carbocycles. The molecule has 0 bridgehead atoms. The zero-order chi connectivity index (χ0) is 16.7. The van der Waals surface area contributed by atoms with E-state index in [9.17, 15) is 21.6 Å². The summed E-state index contributed by atoms with van der Waals surface area (Å²) < 4.78 is 64.9. The largest absolute Gasteiger partial charge is 0.416 e. The van der Waals surface area contributed by atoms with Gasteiger partial charge in [-0.15, -0.1) is 0 Å². The van der Waals surface area contributed by atoms with Crippen LogP contribution in [-0.4, -0.2) is 37.9 Å². The van der Waals surface area contributed by atoms with Gasteiger partial charge in [0.05, 0.1) is 10.5 Å². The fraction of sp³-hybridized carbons (Fsp3) is 0.571. The first kappa shape index (κ1) is 17.2. The second-order valence-electron chi connectivity index (χ2n) is 5.58. The summed E-state index contributed by atoms with van der Waals surface area (Å²) in [5.74, 6) is 0. The molecule has 1 fully saturated rings. The SMILES string of the molecule is Cc1cc(C(F)(F)F)ccc1S(=O)(=O)N1CCNC(C)C1C. The van der Waals surface area contributed by atoms with Crippen LogP contribution in [0.5, 0.6) is 0 Å². The second-order valence-corrected chi connectivity index (χ2v) is 7.44. The molecule has 0 saturated carbocycles. The standard InChI is InChI=1S/C14H19F3N2O2S/c1-9-8-12(14(15,16)17)4-5-13(9)22(20,21)19-7-6-18-10(2)11(19)3/h4-5,8,10-11,18H,6-7H2,1-3H3. The molecule has 0 spiro atoms. The average molecular weight is 336 g/mol. The Morgan fingerprint density at radius 2 is 1.91 bits per heavy atom. The maximum absolute atomic E-state index is 12.7. The van der Waals surface area contributed by atoms with Crippen LogP contribution in [0.2, 0.25) is 0 Å². The lowest BCUT2D eigenvalue weighted by molar-refractivity contribution is -0.137. The molecule has 22 heavy (non-hydrogen) atoms. The smallest absolute Gasteiger partial charge is 0.311 e. The van der Waals surface area contributed by atoms with E-state index < -0.39 is 21.8 Å². The van der Waals surface area contributed by atoms with Gasteiger partial charge in [0.25, 0.3) is 0 Å². The van der Waals surface area contributed by atoms with Crippen molar-refractivity contribution in [3.8, 4) is 0 Å². The van der Waals surface area contributed by atoms with Gasteiger partial charge in [0, 0.05) is 25.2 Å². The molecule has 1 heterocycles. The highest BCUT2D eigenvalue weighted by molar-refractivity contribution is 7.89. The van der Waals surface area contributed by atoms with Gasteiger partial charge in [0.15, 0.2) is 0 Å². The van der Waals surface area contributed by atoms with Crippen LogP contribution in [0.15, 0.2) is 23.1 Å². The number of hydrogen-bond acceptors (Lipinski definition) is 3. The van der Waals surface area contributed by atoms with E-state index in [2.05, 4.69) is 5.32 Å².